The predicted molar refractivity (Wildman–Crippen MR) is 98.8 cm³/mol. The first-order valence-electron chi connectivity index (χ1n) is 8.71. The van der Waals surface area contributed by atoms with Crippen molar-refractivity contribution in [1.29, 1.82) is 0 Å². The molecule has 4 rings (SSSR count). The summed E-state index contributed by atoms with van der Waals surface area (Å²) in [5.41, 5.74) is 1.75. The Morgan fingerprint density at radius 3 is 3.15 bits per heavy atom. The van der Waals surface area contributed by atoms with E-state index in [1.165, 1.54) is 10.4 Å². The van der Waals surface area contributed by atoms with Crippen molar-refractivity contribution in [3.05, 3.63) is 40.1 Å². The van der Waals surface area contributed by atoms with Gasteiger partial charge >= 0.3 is 0 Å². The number of amides is 2. The van der Waals surface area contributed by atoms with Gasteiger partial charge in [-0.05, 0) is 42.0 Å². The van der Waals surface area contributed by atoms with Gasteiger partial charge in [-0.2, -0.15) is 0 Å². The molecular weight excluding hydrogens is 352 g/mol. The van der Waals surface area contributed by atoms with Gasteiger partial charge in [0.15, 0.2) is 13.2 Å². The molecule has 1 aromatic carbocycles. The Kier molecular flexibility index (Phi) is 4.55. The summed E-state index contributed by atoms with van der Waals surface area (Å²) in [5, 5.41) is 4.84. The van der Waals surface area contributed by atoms with Crippen molar-refractivity contribution < 1.29 is 19.1 Å². The molecule has 0 fully saturated rings. The lowest BCUT2D eigenvalue weighted by atomic mass is 9.98. The van der Waals surface area contributed by atoms with Crippen LogP contribution in [0, 0.1) is 0 Å². The Hall–Kier alpha value is -2.54. The number of thiophene rings is 1. The van der Waals surface area contributed by atoms with Crippen LogP contribution >= 0.6 is 11.3 Å². The SMILES string of the molecule is CC[C@@H]1c2ccsc2CCN1C(=O)COc1cccc2c1NC(=O)CO2. The highest BCUT2D eigenvalue weighted by Gasteiger charge is 2.30. The number of carbonyl (C=O) groups excluding carboxylic acids is 2. The smallest absolute Gasteiger partial charge is 0.262 e. The lowest BCUT2D eigenvalue weighted by Crippen LogP contribution is -2.41. The van der Waals surface area contributed by atoms with E-state index >= 15 is 0 Å². The Morgan fingerprint density at radius 2 is 2.31 bits per heavy atom. The van der Waals surface area contributed by atoms with Gasteiger partial charge < -0.3 is 19.7 Å². The number of fused-ring (bicyclic) bond motifs is 2. The van der Waals surface area contributed by atoms with Gasteiger partial charge in [0.05, 0.1) is 6.04 Å². The highest BCUT2D eigenvalue weighted by molar-refractivity contribution is 7.10. The fraction of sp³-hybridized carbons (Fsp3) is 0.368. The molecule has 0 saturated heterocycles. The maximum atomic E-state index is 12.8. The van der Waals surface area contributed by atoms with Crippen LogP contribution in [0.15, 0.2) is 29.6 Å². The van der Waals surface area contributed by atoms with Crippen molar-refractivity contribution in [3.8, 4) is 11.5 Å². The topological polar surface area (TPSA) is 67.9 Å². The molecule has 2 aliphatic heterocycles. The quantitative estimate of drug-likeness (QED) is 0.896. The second-order valence-corrected chi connectivity index (χ2v) is 7.32. The minimum absolute atomic E-state index is 0.00961. The zero-order valence-electron chi connectivity index (χ0n) is 14.5. The summed E-state index contributed by atoms with van der Waals surface area (Å²) < 4.78 is 11.1. The molecule has 0 spiro atoms. The number of para-hydroxylation sites is 1. The molecular formula is C19H20N2O4S. The average Bonchev–Trinajstić information content (AvgIpc) is 3.14. The Labute approximate surface area is 155 Å². The second kappa shape index (κ2) is 6.99. The molecule has 1 atom stereocenters. The van der Waals surface area contributed by atoms with Crippen molar-refractivity contribution in [1.82, 2.24) is 4.90 Å². The first-order valence-corrected chi connectivity index (χ1v) is 9.59. The Bertz CT molecular complexity index is 848. The van der Waals surface area contributed by atoms with Gasteiger partial charge in [-0.25, -0.2) is 0 Å². The van der Waals surface area contributed by atoms with Crippen LogP contribution in [0.5, 0.6) is 11.5 Å². The molecule has 2 amide bonds. The summed E-state index contributed by atoms with van der Waals surface area (Å²) in [6.07, 6.45) is 1.76. The van der Waals surface area contributed by atoms with Gasteiger partial charge in [-0.15, -0.1) is 11.3 Å². The van der Waals surface area contributed by atoms with Crippen molar-refractivity contribution in [2.45, 2.75) is 25.8 Å². The van der Waals surface area contributed by atoms with Crippen LogP contribution in [0.25, 0.3) is 0 Å². The van der Waals surface area contributed by atoms with Crippen molar-refractivity contribution >= 4 is 28.8 Å². The van der Waals surface area contributed by atoms with Gasteiger partial charge in [0.1, 0.15) is 17.2 Å². The van der Waals surface area contributed by atoms with Crippen LogP contribution in [-0.4, -0.2) is 36.5 Å². The van der Waals surface area contributed by atoms with Crippen molar-refractivity contribution in [3.63, 3.8) is 0 Å². The van der Waals surface area contributed by atoms with Gasteiger partial charge in [0.25, 0.3) is 11.8 Å². The molecule has 0 radical (unpaired) electrons. The van der Waals surface area contributed by atoms with Crippen molar-refractivity contribution in [2.24, 2.45) is 0 Å². The molecule has 2 aromatic rings. The van der Waals surface area contributed by atoms with E-state index in [0.717, 1.165) is 12.8 Å². The molecule has 0 bridgehead atoms. The largest absolute Gasteiger partial charge is 0.481 e. The van der Waals surface area contributed by atoms with Crippen LogP contribution in [-0.2, 0) is 16.0 Å². The summed E-state index contributed by atoms with van der Waals surface area (Å²) >= 11 is 1.76. The molecule has 1 aromatic heterocycles. The third kappa shape index (κ3) is 3.03. The van der Waals surface area contributed by atoms with Gasteiger partial charge in [0, 0.05) is 11.4 Å². The van der Waals surface area contributed by atoms with E-state index in [0.29, 0.717) is 23.7 Å². The molecule has 2 aliphatic rings. The first-order chi connectivity index (χ1) is 12.7. The molecule has 0 unspecified atom stereocenters. The Morgan fingerprint density at radius 1 is 1.42 bits per heavy atom. The summed E-state index contributed by atoms with van der Waals surface area (Å²) in [4.78, 5) is 27.6. The number of hydrogen-bond acceptors (Lipinski definition) is 5. The van der Waals surface area contributed by atoms with Gasteiger partial charge in [0.2, 0.25) is 0 Å². The molecule has 0 aliphatic carbocycles. The number of anilines is 1. The molecule has 7 heteroatoms. The summed E-state index contributed by atoms with van der Waals surface area (Å²) in [5.74, 6) is 0.730. The van der Waals surface area contributed by atoms with E-state index < -0.39 is 0 Å². The molecule has 136 valence electrons. The second-order valence-electron chi connectivity index (χ2n) is 6.32. The average molecular weight is 372 g/mol. The van der Waals surface area contributed by atoms with E-state index in [9.17, 15) is 9.59 Å². The minimum atomic E-state index is -0.230. The van der Waals surface area contributed by atoms with Gasteiger partial charge in [-0.3, -0.25) is 9.59 Å². The summed E-state index contributed by atoms with van der Waals surface area (Å²) in [6.45, 7) is 2.73. The van der Waals surface area contributed by atoms with E-state index in [4.69, 9.17) is 9.47 Å². The molecule has 26 heavy (non-hydrogen) atoms. The number of ether oxygens (including phenoxy) is 2. The van der Waals surface area contributed by atoms with E-state index in [1.54, 1.807) is 29.5 Å². The fourth-order valence-corrected chi connectivity index (χ4v) is 4.48. The van der Waals surface area contributed by atoms with Crippen LogP contribution in [0.4, 0.5) is 5.69 Å². The first kappa shape index (κ1) is 16.9. The lowest BCUT2D eigenvalue weighted by molar-refractivity contribution is -0.136. The fourth-order valence-electron chi connectivity index (χ4n) is 3.55. The number of nitrogens with one attached hydrogen (secondary N) is 1. The zero-order valence-corrected chi connectivity index (χ0v) is 15.3. The molecule has 3 heterocycles. The molecule has 1 N–H and O–H groups in total. The zero-order chi connectivity index (χ0) is 18.1. The normalized spacial score (nSPS) is 18.4. The minimum Gasteiger partial charge on any atom is -0.481 e. The summed E-state index contributed by atoms with van der Waals surface area (Å²) in [7, 11) is 0. The number of rotatable bonds is 4. The maximum absolute atomic E-state index is 12.8. The highest BCUT2D eigenvalue weighted by atomic mass is 32.1. The van der Waals surface area contributed by atoms with Crippen LogP contribution in [0.3, 0.4) is 0 Å². The lowest BCUT2D eigenvalue weighted by Gasteiger charge is -2.35. The summed E-state index contributed by atoms with van der Waals surface area (Å²) in [6, 6.07) is 7.50. The number of carbonyl (C=O) groups is 2. The maximum Gasteiger partial charge on any atom is 0.262 e. The van der Waals surface area contributed by atoms with E-state index in [1.807, 2.05) is 4.90 Å². The number of benzene rings is 1. The van der Waals surface area contributed by atoms with Crippen LogP contribution < -0.4 is 14.8 Å². The predicted octanol–water partition coefficient (Wildman–Crippen LogP) is 2.99. The molecule has 0 saturated carbocycles. The highest BCUT2D eigenvalue weighted by Crippen LogP contribution is 2.37. The third-order valence-corrected chi connectivity index (χ3v) is 5.76. The molecule has 6 nitrogen and oxygen atoms in total. The third-order valence-electron chi connectivity index (χ3n) is 4.76. The monoisotopic (exact) mass is 372 g/mol. The van der Waals surface area contributed by atoms with E-state index in [2.05, 4.69) is 23.7 Å². The van der Waals surface area contributed by atoms with Crippen LogP contribution in [0.2, 0.25) is 0 Å². The van der Waals surface area contributed by atoms with E-state index in [-0.39, 0.29) is 31.1 Å². The van der Waals surface area contributed by atoms with Gasteiger partial charge in [-0.1, -0.05) is 13.0 Å². The Balaban J connectivity index is 1.47. The number of hydrogen-bond donors (Lipinski definition) is 1. The van der Waals surface area contributed by atoms with Crippen LogP contribution in [0.1, 0.15) is 29.8 Å². The standard InChI is InChI=1S/C19H20N2O4S/c1-2-13-12-7-9-26-16(12)6-8-21(13)18(23)11-25-15-5-3-4-14-19(15)20-17(22)10-24-14/h3-5,7,9,13H,2,6,8,10-11H2,1H3,(H,20,22)/t13-/m1/s1. The van der Waals surface area contributed by atoms with Crippen molar-refractivity contribution in [2.75, 3.05) is 25.1 Å². The number of nitrogens with zero attached hydrogens (tertiary/aromatic N) is 1.